The molecule has 0 aromatic heterocycles. The number of carbonyl (C=O) groups is 1. The van der Waals surface area contributed by atoms with Crippen LogP contribution in [0.15, 0.2) is 0 Å². The molecule has 0 saturated heterocycles. The van der Waals surface area contributed by atoms with Gasteiger partial charge >= 0.3 is 0 Å². The van der Waals surface area contributed by atoms with E-state index in [1.165, 1.54) is 0 Å². The van der Waals surface area contributed by atoms with Crippen molar-refractivity contribution in [2.45, 2.75) is 52.1 Å². The second-order valence-corrected chi connectivity index (χ2v) is 5.56. The van der Waals surface area contributed by atoms with E-state index < -0.39 is 0 Å². The molecule has 0 rings (SSSR count). The van der Waals surface area contributed by atoms with Crippen LogP contribution in [-0.2, 0) is 4.79 Å². The van der Waals surface area contributed by atoms with Gasteiger partial charge in [-0.3, -0.25) is 4.79 Å². The smallest absolute Gasteiger partial charge is 0.237 e. The first-order valence-electron chi connectivity index (χ1n) is 6.48. The molecule has 1 amide bonds. The lowest BCUT2D eigenvalue weighted by Crippen LogP contribution is -2.50. The quantitative estimate of drug-likeness (QED) is 0.630. The molecule has 0 aromatic rings. The summed E-state index contributed by atoms with van der Waals surface area (Å²) in [5.74, 6) is 0.0849. The molecule has 0 radical (unpaired) electrons. The Bertz CT molecular complexity index is 227. The van der Waals surface area contributed by atoms with E-state index in [0.717, 1.165) is 25.9 Å². The Hall–Kier alpha value is -0.610. The fourth-order valence-electron chi connectivity index (χ4n) is 1.34. The molecule has 0 aliphatic heterocycles. The molecule has 1 atom stereocenters. The molecule has 0 heterocycles. The maximum absolute atomic E-state index is 11.9. The highest BCUT2D eigenvalue weighted by atomic mass is 16.2. The van der Waals surface area contributed by atoms with Crippen LogP contribution in [0.4, 0.5) is 0 Å². The molecule has 2 N–H and O–H groups in total. The molecule has 1 unspecified atom stereocenters. The minimum Gasteiger partial charge on any atom is -0.350 e. The van der Waals surface area contributed by atoms with Gasteiger partial charge in [0.25, 0.3) is 0 Å². The monoisotopic (exact) mass is 243 g/mol. The van der Waals surface area contributed by atoms with Gasteiger partial charge in [-0.2, -0.15) is 0 Å². The molecule has 0 fully saturated rings. The van der Waals surface area contributed by atoms with Crippen molar-refractivity contribution in [1.82, 2.24) is 15.5 Å². The molecule has 0 aliphatic carbocycles. The van der Waals surface area contributed by atoms with Gasteiger partial charge in [0.15, 0.2) is 0 Å². The van der Waals surface area contributed by atoms with Crippen LogP contribution in [0.25, 0.3) is 0 Å². The average molecular weight is 243 g/mol. The average Bonchev–Trinajstić information content (AvgIpc) is 2.23. The van der Waals surface area contributed by atoms with Gasteiger partial charge in [0.05, 0.1) is 6.04 Å². The standard InChI is InChI=1S/C13H29N3O/c1-7-13(3,4)15-12(17)11(2)14-9-8-10-16(5)6/h11,14H,7-10H2,1-6H3,(H,15,17). The van der Waals surface area contributed by atoms with Crippen molar-refractivity contribution < 1.29 is 4.79 Å². The predicted molar refractivity (Wildman–Crippen MR) is 73.1 cm³/mol. The normalized spacial score (nSPS) is 13.8. The third-order valence-electron chi connectivity index (χ3n) is 2.97. The highest BCUT2D eigenvalue weighted by molar-refractivity contribution is 5.81. The van der Waals surface area contributed by atoms with Gasteiger partial charge in [-0.15, -0.1) is 0 Å². The van der Waals surface area contributed by atoms with E-state index in [-0.39, 0.29) is 17.5 Å². The van der Waals surface area contributed by atoms with Crippen molar-refractivity contribution in [3.05, 3.63) is 0 Å². The van der Waals surface area contributed by atoms with Crippen molar-refractivity contribution in [1.29, 1.82) is 0 Å². The van der Waals surface area contributed by atoms with Crippen LogP contribution in [0.3, 0.4) is 0 Å². The van der Waals surface area contributed by atoms with Crippen LogP contribution in [0.2, 0.25) is 0 Å². The molecule has 0 spiro atoms. The molecule has 0 aromatic carbocycles. The maximum Gasteiger partial charge on any atom is 0.237 e. The second kappa shape index (κ2) is 7.67. The van der Waals surface area contributed by atoms with Crippen molar-refractivity contribution in [2.75, 3.05) is 27.2 Å². The van der Waals surface area contributed by atoms with E-state index in [0.29, 0.717) is 0 Å². The lowest BCUT2D eigenvalue weighted by atomic mass is 10.0. The van der Waals surface area contributed by atoms with Crippen LogP contribution in [0, 0.1) is 0 Å². The summed E-state index contributed by atoms with van der Waals surface area (Å²) in [5.41, 5.74) is -0.114. The number of nitrogens with zero attached hydrogens (tertiary/aromatic N) is 1. The highest BCUT2D eigenvalue weighted by Gasteiger charge is 2.21. The summed E-state index contributed by atoms with van der Waals surface area (Å²) >= 11 is 0. The van der Waals surface area contributed by atoms with E-state index in [1.807, 2.05) is 20.8 Å². The Morgan fingerprint density at radius 2 is 1.94 bits per heavy atom. The number of rotatable bonds is 8. The first-order chi connectivity index (χ1) is 7.78. The fourth-order valence-corrected chi connectivity index (χ4v) is 1.34. The molecule has 0 bridgehead atoms. The van der Waals surface area contributed by atoms with Gasteiger partial charge in [0.1, 0.15) is 0 Å². The lowest BCUT2D eigenvalue weighted by Gasteiger charge is -2.26. The summed E-state index contributed by atoms with van der Waals surface area (Å²) in [6.45, 7) is 10.0. The lowest BCUT2D eigenvalue weighted by molar-refractivity contribution is -0.124. The summed E-state index contributed by atoms with van der Waals surface area (Å²) < 4.78 is 0. The summed E-state index contributed by atoms with van der Waals surface area (Å²) in [5, 5.41) is 6.29. The summed E-state index contributed by atoms with van der Waals surface area (Å²) in [7, 11) is 4.11. The number of hydrogen-bond donors (Lipinski definition) is 2. The number of carbonyl (C=O) groups excluding carboxylic acids is 1. The van der Waals surface area contributed by atoms with Crippen LogP contribution in [0.1, 0.15) is 40.5 Å². The molecule has 17 heavy (non-hydrogen) atoms. The first kappa shape index (κ1) is 16.4. The van der Waals surface area contributed by atoms with E-state index in [4.69, 9.17) is 0 Å². The minimum absolute atomic E-state index is 0.0849. The van der Waals surface area contributed by atoms with Crippen molar-refractivity contribution in [2.24, 2.45) is 0 Å². The van der Waals surface area contributed by atoms with Gasteiger partial charge in [0, 0.05) is 5.54 Å². The van der Waals surface area contributed by atoms with Crippen LogP contribution in [-0.4, -0.2) is 49.6 Å². The maximum atomic E-state index is 11.9. The third-order valence-corrected chi connectivity index (χ3v) is 2.97. The minimum atomic E-state index is -0.122. The predicted octanol–water partition coefficient (Wildman–Crippen LogP) is 1.22. The van der Waals surface area contributed by atoms with Gasteiger partial charge < -0.3 is 15.5 Å². The van der Waals surface area contributed by atoms with Crippen molar-refractivity contribution in [3.8, 4) is 0 Å². The molecule has 0 saturated carbocycles. The van der Waals surface area contributed by atoms with Crippen LogP contribution >= 0.6 is 0 Å². The van der Waals surface area contributed by atoms with Gasteiger partial charge in [-0.05, 0) is 60.8 Å². The Morgan fingerprint density at radius 1 is 1.35 bits per heavy atom. The fraction of sp³-hybridized carbons (Fsp3) is 0.923. The zero-order valence-electron chi connectivity index (χ0n) is 12.3. The SMILES string of the molecule is CCC(C)(C)NC(=O)C(C)NCCCN(C)C. The van der Waals surface area contributed by atoms with E-state index in [2.05, 4.69) is 36.6 Å². The first-order valence-corrected chi connectivity index (χ1v) is 6.48. The van der Waals surface area contributed by atoms with Crippen molar-refractivity contribution in [3.63, 3.8) is 0 Å². The number of amides is 1. The summed E-state index contributed by atoms with van der Waals surface area (Å²) in [4.78, 5) is 14.0. The molecular weight excluding hydrogens is 214 g/mol. The van der Waals surface area contributed by atoms with E-state index >= 15 is 0 Å². The molecule has 4 nitrogen and oxygen atoms in total. The topological polar surface area (TPSA) is 44.4 Å². The second-order valence-electron chi connectivity index (χ2n) is 5.56. The van der Waals surface area contributed by atoms with Crippen LogP contribution < -0.4 is 10.6 Å². The Balaban J connectivity index is 3.82. The Kier molecular flexibility index (Phi) is 7.39. The summed E-state index contributed by atoms with van der Waals surface area (Å²) in [6.07, 6.45) is 1.99. The summed E-state index contributed by atoms with van der Waals surface area (Å²) in [6, 6.07) is -0.122. The molecule has 0 aliphatic rings. The van der Waals surface area contributed by atoms with E-state index in [1.54, 1.807) is 0 Å². The number of hydrogen-bond acceptors (Lipinski definition) is 3. The van der Waals surface area contributed by atoms with Crippen LogP contribution in [0.5, 0.6) is 0 Å². The largest absolute Gasteiger partial charge is 0.350 e. The number of nitrogens with one attached hydrogen (secondary N) is 2. The Morgan fingerprint density at radius 3 is 2.41 bits per heavy atom. The zero-order chi connectivity index (χ0) is 13.5. The molecule has 4 heteroatoms. The molecular formula is C13H29N3O. The Labute approximate surface area is 106 Å². The zero-order valence-corrected chi connectivity index (χ0v) is 12.3. The third kappa shape index (κ3) is 8.16. The highest BCUT2D eigenvalue weighted by Crippen LogP contribution is 2.06. The van der Waals surface area contributed by atoms with E-state index in [9.17, 15) is 4.79 Å². The molecule has 102 valence electrons. The van der Waals surface area contributed by atoms with Gasteiger partial charge in [-0.25, -0.2) is 0 Å². The van der Waals surface area contributed by atoms with Crippen molar-refractivity contribution >= 4 is 5.91 Å². The van der Waals surface area contributed by atoms with Gasteiger partial charge in [0.2, 0.25) is 5.91 Å². The van der Waals surface area contributed by atoms with Gasteiger partial charge in [-0.1, -0.05) is 6.92 Å².